The Morgan fingerprint density at radius 1 is 1.13 bits per heavy atom. The number of rotatable bonds is 6. The Labute approximate surface area is 226 Å². The average molecular weight is 547 g/mol. The number of methoxy groups -OCH3 is 1. The first-order valence-corrected chi connectivity index (χ1v) is 12.9. The van der Waals surface area contributed by atoms with Crippen LogP contribution in [0, 0.1) is 5.82 Å². The number of allylic oxidation sites excluding steroid dienone is 1. The molecule has 0 bridgehead atoms. The minimum absolute atomic E-state index is 0.152. The summed E-state index contributed by atoms with van der Waals surface area (Å²) >= 11 is 1.15. The third-order valence-corrected chi connectivity index (χ3v) is 7.15. The first-order valence-electron chi connectivity index (χ1n) is 12.0. The lowest BCUT2D eigenvalue weighted by Crippen LogP contribution is -2.39. The molecule has 0 radical (unpaired) electrons. The van der Waals surface area contributed by atoms with Gasteiger partial charge < -0.3 is 13.9 Å². The topological polar surface area (TPSA) is 100 Å². The number of benzene rings is 2. The molecule has 0 aliphatic carbocycles. The summed E-state index contributed by atoms with van der Waals surface area (Å²) in [6.07, 6.45) is 1.60. The standard InChI is InChI=1S/C29H23FN2O6S/c1-4-37-28(35)24-16(2)31-29-32(25(24)17-8-10-20(30)11-9-17)26(33)23(39-29)15-21-12-13-22(38-21)18-6-5-7-19(14-18)27(34)36-3/h5-15,25H,4H2,1-3H3/b23-15-/t25-/m1/s1. The minimum atomic E-state index is -0.837. The number of halogens is 1. The van der Waals surface area contributed by atoms with Gasteiger partial charge in [0.05, 0.1) is 41.1 Å². The molecule has 0 N–H and O–H groups in total. The van der Waals surface area contributed by atoms with Crippen LogP contribution in [0.1, 0.15) is 41.6 Å². The van der Waals surface area contributed by atoms with Gasteiger partial charge in [0, 0.05) is 11.6 Å². The van der Waals surface area contributed by atoms with Crippen LogP contribution in [0.25, 0.3) is 17.4 Å². The number of nitrogens with zero attached hydrogens (tertiary/aromatic N) is 2. The fourth-order valence-corrected chi connectivity index (χ4v) is 5.41. The normalized spacial score (nSPS) is 15.1. The van der Waals surface area contributed by atoms with Gasteiger partial charge in [-0.05, 0) is 55.8 Å². The van der Waals surface area contributed by atoms with Crippen molar-refractivity contribution in [1.29, 1.82) is 0 Å². The summed E-state index contributed by atoms with van der Waals surface area (Å²) in [5, 5.41) is 0. The molecule has 8 nitrogen and oxygen atoms in total. The Hall–Kier alpha value is -4.57. The molecular formula is C29H23FN2O6S. The Kier molecular flexibility index (Phi) is 7.12. The van der Waals surface area contributed by atoms with E-state index in [0.29, 0.717) is 43.2 Å². The van der Waals surface area contributed by atoms with Crippen molar-refractivity contribution in [3.05, 3.63) is 114 Å². The Morgan fingerprint density at radius 2 is 1.90 bits per heavy atom. The van der Waals surface area contributed by atoms with Crippen LogP contribution in [0.5, 0.6) is 0 Å². The van der Waals surface area contributed by atoms with Gasteiger partial charge >= 0.3 is 11.9 Å². The molecule has 0 fully saturated rings. The molecule has 198 valence electrons. The summed E-state index contributed by atoms with van der Waals surface area (Å²) in [4.78, 5) is 43.4. The maximum absolute atomic E-state index is 13.7. The van der Waals surface area contributed by atoms with Crippen LogP contribution in [0.2, 0.25) is 0 Å². The molecule has 1 aliphatic heterocycles. The van der Waals surface area contributed by atoms with Crippen molar-refractivity contribution in [2.24, 2.45) is 4.99 Å². The van der Waals surface area contributed by atoms with E-state index in [9.17, 15) is 18.8 Å². The molecule has 1 aliphatic rings. The lowest BCUT2D eigenvalue weighted by Gasteiger charge is -2.24. The van der Waals surface area contributed by atoms with Crippen molar-refractivity contribution in [2.75, 3.05) is 13.7 Å². The van der Waals surface area contributed by atoms with Crippen LogP contribution < -0.4 is 14.9 Å². The second kappa shape index (κ2) is 10.7. The van der Waals surface area contributed by atoms with Gasteiger partial charge in [0.2, 0.25) is 0 Å². The Balaban J connectivity index is 1.60. The van der Waals surface area contributed by atoms with Crippen molar-refractivity contribution in [3.63, 3.8) is 0 Å². The van der Waals surface area contributed by atoms with Crippen molar-refractivity contribution in [3.8, 4) is 11.3 Å². The van der Waals surface area contributed by atoms with E-state index in [2.05, 4.69) is 4.99 Å². The van der Waals surface area contributed by atoms with Crippen LogP contribution in [0.15, 0.2) is 86.1 Å². The quantitative estimate of drug-likeness (QED) is 0.339. The highest BCUT2D eigenvalue weighted by atomic mass is 32.1. The minimum Gasteiger partial charge on any atom is -0.465 e. The smallest absolute Gasteiger partial charge is 0.338 e. The van der Waals surface area contributed by atoms with Crippen LogP contribution >= 0.6 is 11.3 Å². The van der Waals surface area contributed by atoms with Gasteiger partial charge in [0.25, 0.3) is 5.56 Å². The number of esters is 2. The number of thiazole rings is 1. The molecule has 0 saturated carbocycles. The van der Waals surface area contributed by atoms with Gasteiger partial charge in [-0.3, -0.25) is 9.36 Å². The molecule has 0 unspecified atom stereocenters. The molecular weight excluding hydrogens is 523 g/mol. The van der Waals surface area contributed by atoms with Crippen LogP contribution in [0.3, 0.4) is 0 Å². The lowest BCUT2D eigenvalue weighted by atomic mass is 9.96. The number of fused-ring (bicyclic) bond motifs is 1. The van der Waals surface area contributed by atoms with Gasteiger partial charge in [-0.1, -0.05) is 35.6 Å². The average Bonchev–Trinajstić information content (AvgIpc) is 3.52. The van der Waals surface area contributed by atoms with E-state index in [0.717, 1.165) is 11.3 Å². The van der Waals surface area contributed by atoms with Crippen LogP contribution in [0.4, 0.5) is 4.39 Å². The molecule has 2 aromatic carbocycles. The molecule has 5 rings (SSSR count). The third-order valence-electron chi connectivity index (χ3n) is 6.17. The molecule has 39 heavy (non-hydrogen) atoms. The molecule has 10 heteroatoms. The highest BCUT2D eigenvalue weighted by Crippen LogP contribution is 2.31. The Bertz CT molecular complexity index is 1800. The van der Waals surface area contributed by atoms with Crippen molar-refractivity contribution in [2.45, 2.75) is 19.9 Å². The lowest BCUT2D eigenvalue weighted by molar-refractivity contribution is -0.139. The van der Waals surface area contributed by atoms with E-state index in [1.54, 1.807) is 56.3 Å². The number of carbonyl (C=O) groups excluding carboxylic acids is 2. The van der Waals surface area contributed by atoms with E-state index >= 15 is 0 Å². The fourth-order valence-electron chi connectivity index (χ4n) is 4.38. The molecule has 2 aromatic heterocycles. The summed E-state index contributed by atoms with van der Waals surface area (Å²) in [5.74, 6) is -0.566. The summed E-state index contributed by atoms with van der Waals surface area (Å²) < 4.78 is 31.5. The van der Waals surface area contributed by atoms with E-state index in [1.165, 1.54) is 35.9 Å². The van der Waals surface area contributed by atoms with Gasteiger partial charge in [-0.15, -0.1) is 0 Å². The number of hydrogen-bond acceptors (Lipinski definition) is 8. The summed E-state index contributed by atoms with van der Waals surface area (Å²) in [6.45, 7) is 3.53. The predicted molar refractivity (Wildman–Crippen MR) is 142 cm³/mol. The number of carbonyl (C=O) groups is 2. The second-order valence-electron chi connectivity index (χ2n) is 8.63. The molecule has 0 amide bonds. The number of ether oxygens (including phenoxy) is 2. The van der Waals surface area contributed by atoms with Gasteiger partial charge in [-0.2, -0.15) is 0 Å². The van der Waals surface area contributed by atoms with E-state index in [1.807, 2.05) is 0 Å². The summed E-state index contributed by atoms with van der Waals surface area (Å²) in [5.41, 5.74) is 1.86. The van der Waals surface area contributed by atoms with E-state index in [4.69, 9.17) is 13.9 Å². The van der Waals surface area contributed by atoms with Gasteiger partial charge in [0.1, 0.15) is 17.3 Å². The Morgan fingerprint density at radius 3 is 2.62 bits per heavy atom. The second-order valence-corrected chi connectivity index (χ2v) is 9.64. The molecule has 0 saturated heterocycles. The number of aromatic nitrogens is 1. The van der Waals surface area contributed by atoms with E-state index in [-0.39, 0.29) is 17.7 Å². The zero-order chi connectivity index (χ0) is 27.7. The zero-order valence-corrected chi connectivity index (χ0v) is 22.1. The number of hydrogen-bond donors (Lipinski definition) is 0. The molecule has 3 heterocycles. The number of furan rings is 1. The summed E-state index contributed by atoms with van der Waals surface area (Å²) in [7, 11) is 1.31. The first-order chi connectivity index (χ1) is 18.8. The zero-order valence-electron chi connectivity index (χ0n) is 21.3. The van der Waals surface area contributed by atoms with Crippen LogP contribution in [-0.4, -0.2) is 30.2 Å². The molecule has 0 spiro atoms. The maximum Gasteiger partial charge on any atom is 0.338 e. The fraction of sp³-hybridized carbons (Fsp3) is 0.172. The third kappa shape index (κ3) is 4.98. The van der Waals surface area contributed by atoms with Gasteiger partial charge in [-0.25, -0.2) is 19.0 Å². The monoisotopic (exact) mass is 546 g/mol. The van der Waals surface area contributed by atoms with Crippen molar-refractivity contribution in [1.82, 2.24) is 4.57 Å². The van der Waals surface area contributed by atoms with Crippen molar-refractivity contribution >= 4 is 29.4 Å². The highest BCUT2D eigenvalue weighted by molar-refractivity contribution is 7.07. The highest BCUT2D eigenvalue weighted by Gasteiger charge is 2.33. The van der Waals surface area contributed by atoms with Gasteiger partial charge in [0.15, 0.2) is 4.80 Å². The SMILES string of the molecule is CCOC(=O)C1=C(C)N=c2s/c(=C\c3ccc(-c4cccc(C(=O)OC)c4)o3)c(=O)n2[C@@H]1c1ccc(F)cc1. The largest absolute Gasteiger partial charge is 0.465 e. The first kappa shape index (κ1) is 26.1. The summed E-state index contributed by atoms with van der Waals surface area (Å²) in [6, 6.07) is 15.1. The predicted octanol–water partition coefficient (Wildman–Crippen LogP) is 3.98. The molecule has 1 atom stereocenters. The van der Waals surface area contributed by atoms with Crippen LogP contribution in [-0.2, 0) is 14.3 Å². The van der Waals surface area contributed by atoms with E-state index < -0.39 is 23.8 Å². The maximum atomic E-state index is 13.7. The van der Waals surface area contributed by atoms with Crippen molar-refractivity contribution < 1.29 is 27.9 Å². The molecule has 4 aromatic rings.